The first kappa shape index (κ1) is 15.1. The highest BCUT2D eigenvalue weighted by Gasteiger charge is 2.25. The first-order chi connectivity index (χ1) is 9.93. The van der Waals surface area contributed by atoms with Crippen molar-refractivity contribution in [3.63, 3.8) is 0 Å². The molecule has 0 heterocycles. The van der Waals surface area contributed by atoms with Crippen molar-refractivity contribution in [3.8, 4) is 6.07 Å². The van der Waals surface area contributed by atoms with E-state index in [2.05, 4.69) is 0 Å². The summed E-state index contributed by atoms with van der Waals surface area (Å²) in [6, 6.07) is 9.10. The number of hydrogen-bond donors (Lipinski definition) is 0. The van der Waals surface area contributed by atoms with E-state index in [0.29, 0.717) is 16.7 Å². The van der Waals surface area contributed by atoms with Crippen LogP contribution < -0.4 is 0 Å². The van der Waals surface area contributed by atoms with Crippen molar-refractivity contribution in [3.05, 3.63) is 69.7 Å². The predicted octanol–water partition coefficient (Wildman–Crippen LogP) is 4.42. The highest BCUT2D eigenvalue weighted by molar-refractivity contribution is 6.31. The Morgan fingerprint density at radius 2 is 1.95 bits per heavy atom. The van der Waals surface area contributed by atoms with Crippen molar-refractivity contribution in [2.45, 2.75) is 12.8 Å². The molecule has 0 aromatic heterocycles. The fourth-order valence-electron chi connectivity index (χ4n) is 1.97. The van der Waals surface area contributed by atoms with Crippen LogP contribution in [-0.4, -0.2) is 5.78 Å². The third-order valence-electron chi connectivity index (χ3n) is 3.11. The predicted molar refractivity (Wildman–Crippen MR) is 75.2 cm³/mol. The molecule has 2 aromatic rings. The number of nitriles is 1. The molecule has 0 aliphatic rings. The van der Waals surface area contributed by atoms with E-state index >= 15 is 0 Å². The molecular formula is C16H10ClF2NO. The maximum atomic E-state index is 13.7. The summed E-state index contributed by atoms with van der Waals surface area (Å²) < 4.78 is 26.7. The Balaban J connectivity index is 2.43. The van der Waals surface area contributed by atoms with Gasteiger partial charge in [-0.3, -0.25) is 4.79 Å². The maximum Gasteiger partial charge on any atom is 0.184 e. The molecule has 0 amide bonds. The lowest BCUT2D eigenvalue weighted by Crippen LogP contribution is -2.13. The van der Waals surface area contributed by atoms with Gasteiger partial charge in [-0.1, -0.05) is 17.7 Å². The number of hydrogen-bond acceptors (Lipinski definition) is 2. The standard InChI is InChI=1S/C16H10ClF2NO/c1-9-6-10(2-5-14(9)17)16(21)13(8-20)12-4-3-11(18)7-15(12)19/h2-7,13H,1H3. The van der Waals surface area contributed by atoms with Crippen LogP contribution in [0.3, 0.4) is 0 Å². The molecule has 5 heteroatoms. The molecular weight excluding hydrogens is 296 g/mol. The van der Waals surface area contributed by atoms with E-state index in [0.717, 1.165) is 12.1 Å². The smallest absolute Gasteiger partial charge is 0.184 e. The molecule has 1 atom stereocenters. The van der Waals surface area contributed by atoms with Crippen LogP contribution in [0, 0.1) is 29.9 Å². The normalized spacial score (nSPS) is 11.8. The molecule has 0 spiro atoms. The number of ketones is 1. The summed E-state index contributed by atoms with van der Waals surface area (Å²) in [7, 11) is 0. The summed E-state index contributed by atoms with van der Waals surface area (Å²) >= 11 is 5.88. The van der Waals surface area contributed by atoms with E-state index in [1.807, 2.05) is 0 Å². The minimum atomic E-state index is -1.33. The number of Topliss-reactive ketones (excluding diaryl/α,β-unsaturated/α-hetero) is 1. The van der Waals surface area contributed by atoms with Gasteiger partial charge in [0.15, 0.2) is 5.78 Å². The molecule has 0 saturated heterocycles. The fourth-order valence-corrected chi connectivity index (χ4v) is 2.09. The van der Waals surface area contributed by atoms with E-state index in [-0.39, 0.29) is 11.1 Å². The molecule has 0 radical (unpaired) electrons. The molecule has 1 unspecified atom stereocenters. The van der Waals surface area contributed by atoms with Crippen LogP contribution in [-0.2, 0) is 0 Å². The number of halogens is 3. The first-order valence-corrected chi connectivity index (χ1v) is 6.46. The van der Waals surface area contributed by atoms with Gasteiger partial charge in [0.05, 0.1) is 6.07 Å². The maximum absolute atomic E-state index is 13.7. The quantitative estimate of drug-likeness (QED) is 0.788. The first-order valence-electron chi connectivity index (χ1n) is 6.09. The second kappa shape index (κ2) is 6.02. The summed E-state index contributed by atoms with van der Waals surface area (Å²) in [6.45, 7) is 1.72. The fraction of sp³-hybridized carbons (Fsp3) is 0.125. The Bertz CT molecular complexity index is 752. The van der Waals surface area contributed by atoms with E-state index in [4.69, 9.17) is 11.6 Å². The van der Waals surface area contributed by atoms with Gasteiger partial charge in [0.2, 0.25) is 0 Å². The zero-order chi connectivity index (χ0) is 15.6. The Morgan fingerprint density at radius 3 is 2.52 bits per heavy atom. The molecule has 2 rings (SSSR count). The number of rotatable bonds is 3. The SMILES string of the molecule is Cc1cc(C(=O)C(C#N)c2ccc(F)cc2F)ccc1Cl. The Hall–Kier alpha value is -2.25. The van der Waals surface area contributed by atoms with Crippen LogP contribution in [0.1, 0.15) is 27.4 Å². The lowest BCUT2D eigenvalue weighted by atomic mass is 9.91. The zero-order valence-corrected chi connectivity index (χ0v) is 11.8. The summed E-state index contributed by atoms with van der Waals surface area (Å²) in [5.74, 6) is -3.56. The summed E-state index contributed by atoms with van der Waals surface area (Å²) in [5, 5.41) is 9.67. The monoisotopic (exact) mass is 305 g/mol. The lowest BCUT2D eigenvalue weighted by molar-refractivity contribution is 0.0977. The topological polar surface area (TPSA) is 40.9 Å². The number of benzene rings is 2. The molecule has 2 nitrogen and oxygen atoms in total. The Labute approximate surface area is 125 Å². The van der Waals surface area contributed by atoms with Crippen LogP contribution in [0.15, 0.2) is 36.4 Å². The largest absolute Gasteiger partial charge is 0.292 e. The van der Waals surface area contributed by atoms with Crippen LogP contribution in [0.4, 0.5) is 8.78 Å². The highest BCUT2D eigenvalue weighted by atomic mass is 35.5. The van der Waals surface area contributed by atoms with Crippen molar-refractivity contribution < 1.29 is 13.6 Å². The van der Waals surface area contributed by atoms with Gasteiger partial charge in [0.1, 0.15) is 17.6 Å². The second-order valence-electron chi connectivity index (χ2n) is 4.56. The van der Waals surface area contributed by atoms with Gasteiger partial charge in [-0.05, 0) is 36.8 Å². The average Bonchev–Trinajstić information content (AvgIpc) is 2.44. The minimum absolute atomic E-state index is 0.142. The van der Waals surface area contributed by atoms with Gasteiger partial charge in [0, 0.05) is 22.2 Å². The molecule has 0 N–H and O–H groups in total. The van der Waals surface area contributed by atoms with Crippen molar-refractivity contribution in [1.82, 2.24) is 0 Å². The van der Waals surface area contributed by atoms with Gasteiger partial charge in [-0.2, -0.15) is 5.26 Å². The van der Waals surface area contributed by atoms with Gasteiger partial charge in [0.25, 0.3) is 0 Å². The van der Waals surface area contributed by atoms with Crippen LogP contribution in [0.5, 0.6) is 0 Å². The molecule has 2 aromatic carbocycles. The third kappa shape index (κ3) is 3.09. The van der Waals surface area contributed by atoms with Gasteiger partial charge >= 0.3 is 0 Å². The molecule has 0 saturated carbocycles. The van der Waals surface area contributed by atoms with Crippen molar-refractivity contribution in [1.29, 1.82) is 5.26 Å². The molecule has 0 aliphatic heterocycles. The highest BCUT2D eigenvalue weighted by Crippen LogP contribution is 2.25. The molecule has 21 heavy (non-hydrogen) atoms. The Kier molecular flexibility index (Phi) is 4.35. The van der Waals surface area contributed by atoms with Crippen molar-refractivity contribution in [2.75, 3.05) is 0 Å². The number of nitrogens with zero attached hydrogens (tertiary/aromatic N) is 1. The molecule has 106 valence electrons. The number of aryl methyl sites for hydroxylation is 1. The summed E-state index contributed by atoms with van der Waals surface area (Å²) in [6.07, 6.45) is 0. The molecule has 0 fully saturated rings. The third-order valence-corrected chi connectivity index (χ3v) is 3.53. The number of carbonyl (C=O) groups is 1. The Morgan fingerprint density at radius 1 is 1.24 bits per heavy atom. The van der Waals surface area contributed by atoms with Gasteiger partial charge in [-0.25, -0.2) is 8.78 Å². The summed E-state index contributed by atoms with van der Waals surface area (Å²) in [5.41, 5.74) is 0.794. The van der Waals surface area contributed by atoms with Crippen LogP contribution in [0.25, 0.3) is 0 Å². The van der Waals surface area contributed by atoms with E-state index in [1.165, 1.54) is 12.1 Å². The van der Waals surface area contributed by atoms with Crippen LogP contribution in [0.2, 0.25) is 5.02 Å². The van der Waals surface area contributed by atoms with E-state index in [1.54, 1.807) is 19.1 Å². The van der Waals surface area contributed by atoms with Crippen molar-refractivity contribution >= 4 is 17.4 Å². The van der Waals surface area contributed by atoms with Crippen molar-refractivity contribution in [2.24, 2.45) is 0 Å². The lowest BCUT2D eigenvalue weighted by Gasteiger charge is -2.10. The summed E-state index contributed by atoms with van der Waals surface area (Å²) in [4.78, 5) is 12.4. The molecule has 0 aliphatic carbocycles. The number of carbonyl (C=O) groups excluding carboxylic acids is 1. The van der Waals surface area contributed by atoms with E-state index < -0.39 is 23.3 Å². The van der Waals surface area contributed by atoms with E-state index in [9.17, 15) is 18.8 Å². The zero-order valence-electron chi connectivity index (χ0n) is 11.0. The minimum Gasteiger partial charge on any atom is -0.292 e. The molecule has 0 bridgehead atoms. The average molecular weight is 306 g/mol. The van der Waals surface area contributed by atoms with Gasteiger partial charge < -0.3 is 0 Å². The second-order valence-corrected chi connectivity index (χ2v) is 4.96. The van der Waals surface area contributed by atoms with Crippen LogP contribution >= 0.6 is 11.6 Å². The van der Waals surface area contributed by atoms with Gasteiger partial charge in [-0.15, -0.1) is 0 Å².